The van der Waals surface area contributed by atoms with Gasteiger partial charge in [0.25, 0.3) is 0 Å². The summed E-state index contributed by atoms with van der Waals surface area (Å²) in [5.41, 5.74) is -0.444. The van der Waals surface area contributed by atoms with Gasteiger partial charge < -0.3 is 14.5 Å². The number of anilines is 1. The van der Waals surface area contributed by atoms with E-state index in [1.165, 1.54) is 0 Å². The van der Waals surface area contributed by atoms with E-state index < -0.39 is 5.60 Å². The fourth-order valence-corrected chi connectivity index (χ4v) is 2.35. The molecule has 0 bridgehead atoms. The molecule has 110 valence electrons. The first kappa shape index (κ1) is 15.1. The predicted molar refractivity (Wildman–Crippen MR) is 82.0 cm³/mol. The summed E-state index contributed by atoms with van der Waals surface area (Å²) in [5.74, 6) is 0.934. The lowest BCUT2D eigenvalue weighted by Crippen LogP contribution is -2.50. The van der Waals surface area contributed by atoms with E-state index in [0.29, 0.717) is 13.1 Å². The summed E-state index contributed by atoms with van der Waals surface area (Å²) < 4.78 is 6.21. The normalized spacial score (nSPS) is 16.2. The van der Waals surface area contributed by atoms with Crippen LogP contribution in [0.1, 0.15) is 20.8 Å². The van der Waals surface area contributed by atoms with Gasteiger partial charge in [-0.15, -0.1) is 0 Å². The van der Waals surface area contributed by atoms with E-state index in [1.807, 2.05) is 39.0 Å². The lowest BCUT2D eigenvalue weighted by Gasteiger charge is -2.36. The number of hydrogen-bond acceptors (Lipinski definition) is 4. The second kappa shape index (κ2) is 5.99. The van der Waals surface area contributed by atoms with Crippen molar-refractivity contribution in [3.8, 4) is 0 Å². The fraction of sp³-hybridized carbons (Fsp3) is 0.571. The van der Waals surface area contributed by atoms with Crippen molar-refractivity contribution in [1.29, 1.82) is 0 Å². The summed E-state index contributed by atoms with van der Waals surface area (Å²) in [6.07, 6.45) is -0.237. The fourth-order valence-electron chi connectivity index (χ4n) is 2.02. The van der Waals surface area contributed by atoms with Gasteiger partial charge in [-0.25, -0.2) is 9.78 Å². The molecule has 6 heteroatoms. The molecule has 1 aliphatic rings. The van der Waals surface area contributed by atoms with E-state index in [2.05, 4.69) is 25.8 Å². The monoisotopic (exact) mass is 341 g/mol. The molecule has 0 N–H and O–H groups in total. The Morgan fingerprint density at radius 1 is 1.25 bits per heavy atom. The van der Waals surface area contributed by atoms with Crippen molar-refractivity contribution < 1.29 is 9.53 Å². The van der Waals surface area contributed by atoms with Crippen LogP contribution in [0.4, 0.5) is 10.6 Å². The minimum absolute atomic E-state index is 0.237. The minimum atomic E-state index is -0.444. The molecule has 1 aromatic heterocycles. The molecule has 5 nitrogen and oxygen atoms in total. The lowest BCUT2D eigenvalue weighted by atomic mass is 10.2. The van der Waals surface area contributed by atoms with Crippen LogP contribution >= 0.6 is 15.9 Å². The van der Waals surface area contributed by atoms with E-state index >= 15 is 0 Å². The number of carbonyl (C=O) groups excluding carboxylic acids is 1. The van der Waals surface area contributed by atoms with Gasteiger partial charge in [0.1, 0.15) is 16.0 Å². The molecule has 1 amide bonds. The molecule has 0 aromatic carbocycles. The van der Waals surface area contributed by atoms with Crippen molar-refractivity contribution in [2.75, 3.05) is 31.1 Å². The van der Waals surface area contributed by atoms with Crippen LogP contribution in [0.3, 0.4) is 0 Å². The topological polar surface area (TPSA) is 45.7 Å². The zero-order valence-corrected chi connectivity index (χ0v) is 13.7. The molecule has 1 saturated heterocycles. The van der Waals surface area contributed by atoms with E-state index in [9.17, 15) is 4.79 Å². The molecule has 0 radical (unpaired) electrons. The molecule has 0 spiro atoms. The molecule has 0 saturated carbocycles. The van der Waals surface area contributed by atoms with Crippen molar-refractivity contribution in [3.05, 3.63) is 22.8 Å². The van der Waals surface area contributed by atoms with Crippen molar-refractivity contribution in [3.63, 3.8) is 0 Å². The third kappa shape index (κ3) is 4.10. The van der Waals surface area contributed by atoms with Gasteiger partial charge in [0.2, 0.25) is 0 Å². The summed E-state index contributed by atoms with van der Waals surface area (Å²) in [6, 6.07) is 5.85. The van der Waals surface area contributed by atoms with Crippen LogP contribution in [0, 0.1) is 0 Å². The van der Waals surface area contributed by atoms with Gasteiger partial charge in [-0.2, -0.15) is 0 Å². The molecule has 1 aliphatic heterocycles. The molecule has 0 unspecified atom stereocenters. The highest BCUT2D eigenvalue weighted by atomic mass is 79.9. The molecule has 2 rings (SSSR count). The molecule has 0 aliphatic carbocycles. The maximum Gasteiger partial charge on any atom is 0.410 e. The average molecular weight is 342 g/mol. The van der Waals surface area contributed by atoms with E-state index in [-0.39, 0.29) is 6.09 Å². The first-order valence-corrected chi connectivity index (χ1v) is 7.50. The Bertz CT molecular complexity index is 480. The first-order valence-electron chi connectivity index (χ1n) is 6.70. The molecular weight excluding hydrogens is 322 g/mol. The van der Waals surface area contributed by atoms with Crippen molar-refractivity contribution in [2.24, 2.45) is 0 Å². The maximum atomic E-state index is 12.0. The van der Waals surface area contributed by atoms with Crippen LogP contribution in [0.5, 0.6) is 0 Å². The largest absolute Gasteiger partial charge is 0.444 e. The number of piperazine rings is 1. The number of hydrogen-bond donors (Lipinski definition) is 0. The summed E-state index contributed by atoms with van der Waals surface area (Å²) in [4.78, 5) is 20.3. The quantitative estimate of drug-likeness (QED) is 0.737. The number of amides is 1. The molecule has 0 atom stereocenters. The van der Waals surface area contributed by atoms with E-state index in [1.54, 1.807) is 4.90 Å². The third-order valence-corrected chi connectivity index (χ3v) is 3.40. The van der Waals surface area contributed by atoms with Crippen molar-refractivity contribution in [2.45, 2.75) is 26.4 Å². The summed E-state index contributed by atoms with van der Waals surface area (Å²) >= 11 is 3.37. The highest BCUT2D eigenvalue weighted by Crippen LogP contribution is 2.18. The van der Waals surface area contributed by atoms with Crippen LogP contribution in [0.25, 0.3) is 0 Å². The number of carbonyl (C=O) groups is 1. The zero-order valence-electron chi connectivity index (χ0n) is 12.1. The van der Waals surface area contributed by atoms with Gasteiger partial charge in [0.05, 0.1) is 0 Å². The van der Waals surface area contributed by atoms with Crippen LogP contribution in [0.15, 0.2) is 22.8 Å². The number of aromatic nitrogens is 1. The van der Waals surface area contributed by atoms with Gasteiger partial charge >= 0.3 is 6.09 Å². The predicted octanol–water partition coefficient (Wildman–Crippen LogP) is 2.90. The Morgan fingerprint density at radius 2 is 1.90 bits per heavy atom. The third-order valence-electron chi connectivity index (χ3n) is 2.96. The Hall–Kier alpha value is -1.30. The Kier molecular flexibility index (Phi) is 4.52. The standard InChI is InChI=1S/C14H20BrN3O2/c1-14(2,3)20-13(19)18-9-7-17(8-10-18)12-6-4-5-11(15)16-12/h4-6H,7-10H2,1-3H3. The molecular formula is C14H20BrN3O2. The van der Waals surface area contributed by atoms with E-state index in [0.717, 1.165) is 23.5 Å². The summed E-state index contributed by atoms with van der Waals surface area (Å²) in [5, 5.41) is 0. The van der Waals surface area contributed by atoms with Gasteiger partial charge in [-0.05, 0) is 48.8 Å². The molecule has 2 heterocycles. The van der Waals surface area contributed by atoms with Gasteiger partial charge in [-0.3, -0.25) is 0 Å². The van der Waals surface area contributed by atoms with Gasteiger partial charge in [0.15, 0.2) is 0 Å². The highest BCUT2D eigenvalue weighted by Gasteiger charge is 2.26. The second-order valence-electron chi connectivity index (χ2n) is 5.77. The van der Waals surface area contributed by atoms with Crippen LogP contribution in [-0.4, -0.2) is 47.8 Å². The average Bonchev–Trinajstić information content (AvgIpc) is 2.37. The number of rotatable bonds is 1. The number of pyridine rings is 1. The lowest BCUT2D eigenvalue weighted by molar-refractivity contribution is 0.0240. The van der Waals surface area contributed by atoms with Gasteiger partial charge in [0, 0.05) is 26.2 Å². The van der Waals surface area contributed by atoms with Crippen molar-refractivity contribution >= 4 is 27.8 Å². The van der Waals surface area contributed by atoms with Crippen LogP contribution in [0.2, 0.25) is 0 Å². The Morgan fingerprint density at radius 3 is 2.45 bits per heavy atom. The Balaban J connectivity index is 1.91. The first-order chi connectivity index (χ1) is 9.35. The van der Waals surface area contributed by atoms with Crippen LogP contribution in [-0.2, 0) is 4.74 Å². The summed E-state index contributed by atoms with van der Waals surface area (Å²) in [6.45, 7) is 8.49. The number of nitrogens with zero attached hydrogens (tertiary/aromatic N) is 3. The molecule has 1 fully saturated rings. The maximum absolute atomic E-state index is 12.0. The number of ether oxygens (including phenoxy) is 1. The summed E-state index contributed by atoms with van der Waals surface area (Å²) in [7, 11) is 0. The van der Waals surface area contributed by atoms with E-state index in [4.69, 9.17) is 4.74 Å². The zero-order chi connectivity index (χ0) is 14.8. The minimum Gasteiger partial charge on any atom is -0.444 e. The van der Waals surface area contributed by atoms with Gasteiger partial charge in [-0.1, -0.05) is 6.07 Å². The molecule has 20 heavy (non-hydrogen) atoms. The highest BCUT2D eigenvalue weighted by molar-refractivity contribution is 9.10. The van der Waals surface area contributed by atoms with Crippen molar-refractivity contribution in [1.82, 2.24) is 9.88 Å². The Labute approximate surface area is 128 Å². The SMILES string of the molecule is CC(C)(C)OC(=O)N1CCN(c2cccc(Br)n2)CC1. The second-order valence-corrected chi connectivity index (χ2v) is 6.59. The van der Waals surface area contributed by atoms with Crippen LogP contribution < -0.4 is 4.90 Å². The number of halogens is 1. The molecule has 1 aromatic rings. The smallest absolute Gasteiger partial charge is 0.410 e.